The Hall–Kier alpha value is -1.29. The van der Waals surface area contributed by atoms with Crippen molar-refractivity contribution in [1.82, 2.24) is 0 Å². The summed E-state index contributed by atoms with van der Waals surface area (Å²) in [6, 6.07) is 2.57. The van der Waals surface area contributed by atoms with Crippen molar-refractivity contribution in [2.45, 2.75) is 12.8 Å². The molecule has 0 aliphatic rings. The summed E-state index contributed by atoms with van der Waals surface area (Å²) in [6.45, 7) is 0. The molecule has 0 radical (unpaired) electrons. The number of carbonyl (C=O) groups is 1. The largest absolute Gasteiger partial charge is 0.495 e. The van der Waals surface area contributed by atoms with Crippen LogP contribution in [0.3, 0.4) is 0 Å². The van der Waals surface area contributed by atoms with Crippen molar-refractivity contribution < 1.29 is 19.0 Å². The zero-order chi connectivity index (χ0) is 11.4. The van der Waals surface area contributed by atoms with Crippen LogP contribution >= 0.6 is 11.6 Å². The Morgan fingerprint density at radius 2 is 2.27 bits per heavy atom. The Labute approximate surface area is 91.4 Å². The van der Waals surface area contributed by atoms with E-state index in [4.69, 9.17) is 21.4 Å². The van der Waals surface area contributed by atoms with Gasteiger partial charge in [0.1, 0.15) is 11.6 Å². The maximum absolute atomic E-state index is 13.3. The summed E-state index contributed by atoms with van der Waals surface area (Å²) in [7, 11) is 1.37. The molecule has 0 fully saturated rings. The van der Waals surface area contributed by atoms with Crippen LogP contribution in [0.4, 0.5) is 4.39 Å². The molecule has 82 valence electrons. The minimum absolute atomic E-state index is 0.0604. The molecule has 0 atom stereocenters. The van der Waals surface area contributed by atoms with Gasteiger partial charge in [-0.1, -0.05) is 11.6 Å². The molecule has 0 amide bonds. The third-order valence-electron chi connectivity index (χ3n) is 1.95. The SMILES string of the molecule is COc1c(Cl)ccc(F)c1CCC(=O)O. The fraction of sp³-hybridized carbons (Fsp3) is 0.300. The highest BCUT2D eigenvalue weighted by Crippen LogP contribution is 2.31. The number of carboxylic acid groups (broad SMARTS) is 1. The van der Waals surface area contributed by atoms with E-state index in [9.17, 15) is 9.18 Å². The molecule has 1 aromatic rings. The topological polar surface area (TPSA) is 46.5 Å². The molecule has 1 rings (SSSR count). The highest BCUT2D eigenvalue weighted by molar-refractivity contribution is 6.32. The summed E-state index contributed by atoms with van der Waals surface area (Å²) in [5, 5.41) is 8.78. The predicted molar refractivity (Wildman–Crippen MR) is 53.9 cm³/mol. The molecule has 0 aliphatic carbocycles. The molecule has 0 aromatic heterocycles. The lowest BCUT2D eigenvalue weighted by molar-refractivity contribution is -0.136. The number of halogens is 2. The van der Waals surface area contributed by atoms with Crippen molar-refractivity contribution >= 4 is 17.6 Å². The van der Waals surface area contributed by atoms with Crippen LogP contribution in [0, 0.1) is 5.82 Å². The number of hydrogen-bond donors (Lipinski definition) is 1. The molecule has 0 aliphatic heterocycles. The van der Waals surface area contributed by atoms with Crippen molar-refractivity contribution in [2.75, 3.05) is 7.11 Å². The quantitative estimate of drug-likeness (QED) is 0.868. The summed E-state index contributed by atoms with van der Waals surface area (Å²) < 4.78 is 18.3. The Morgan fingerprint density at radius 3 is 2.80 bits per heavy atom. The molecule has 1 N–H and O–H groups in total. The van der Waals surface area contributed by atoms with E-state index < -0.39 is 11.8 Å². The highest BCUT2D eigenvalue weighted by atomic mass is 35.5. The number of carboxylic acids is 1. The number of hydrogen-bond acceptors (Lipinski definition) is 2. The number of aliphatic carboxylic acids is 1. The first-order chi connectivity index (χ1) is 7.06. The average Bonchev–Trinajstić information content (AvgIpc) is 2.19. The van der Waals surface area contributed by atoms with E-state index >= 15 is 0 Å². The normalized spacial score (nSPS) is 10.1. The Balaban J connectivity index is 3.02. The van der Waals surface area contributed by atoms with Crippen molar-refractivity contribution in [3.05, 3.63) is 28.5 Å². The lowest BCUT2D eigenvalue weighted by Crippen LogP contribution is -2.02. The van der Waals surface area contributed by atoms with E-state index in [1.165, 1.54) is 19.2 Å². The van der Waals surface area contributed by atoms with E-state index in [1.54, 1.807) is 0 Å². The number of rotatable bonds is 4. The monoisotopic (exact) mass is 232 g/mol. The van der Waals surface area contributed by atoms with Gasteiger partial charge in [0.2, 0.25) is 0 Å². The fourth-order valence-electron chi connectivity index (χ4n) is 1.26. The summed E-state index contributed by atoms with van der Waals surface area (Å²) in [5.74, 6) is -1.29. The van der Waals surface area contributed by atoms with Gasteiger partial charge in [-0.15, -0.1) is 0 Å². The van der Waals surface area contributed by atoms with Crippen molar-refractivity contribution in [2.24, 2.45) is 0 Å². The molecule has 1 aromatic carbocycles. The van der Waals surface area contributed by atoms with E-state index in [0.29, 0.717) is 0 Å². The van der Waals surface area contributed by atoms with Gasteiger partial charge in [0.15, 0.2) is 0 Å². The second-order valence-corrected chi connectivity index (χ2v) is 3.34. The van der Waals surface area contributed by atoms with Crippen LogP contribution in [-0.4, -0.2) is 18.2 Å². The zero-order valence-electron chi connectivity index (χ0n) is 8.09. The van der Waals surface area contributed by atoms with Gasteiger partial charge >= 0.3 is 5.97 Å². The van der Waals surface area contributed by atoms with Gasteiger partial charge in [0.05, 0.1) is 12.1 Å². The van der Waals surface area contributed by atoms with Gasteiger partial charge in [-0.05, 0) is 18.6 Å². The van der Waals surface area contributed by atoms with E-state index in [0.717, 1.165) is 0 Å². The third kappa shape index (κ3) is 2.83. The predicted octanol–water partition coefficient (Wildman–Crippen LogP) is 2.50. The molecular weight excluding hydrogens is 223 g/mol. The van der Waals surface area contributed by atoms with Gasteiger partial charge in [0.25, 0.3) is 0 Å². The average molecular weight is 233 g/mol. The molecule has 0 saturated heterocycles. The van der Waals surface area contributed by atoms with Gasteiger partial charge in [-0.25, -0.2) is 4.39 Å². The fourth-order valence-corrected chi connectivity index (χ4v) is 1.51. The highest BCUT2D eigenvalue weighted by Gasteiger charge is 2.14. The summed E-state index contributed by atoms with van der Waals surface area (Å²) >= 11 is 5.78. The lowest BCUT2D eigenvalue weighted by atomic mass is 10.1. The minimum atomic E-state index is -0.989. The van der Waals surface area contributed by atoms with Crippen LogP contribution in [0.1, 0.15) is 12.0 Å². The molecule has 5 heteroatoms. The standard InChI is InChI=1S/C10H10ClFO3/c1-15-10-6(2-5-9(13)14)8(12)4-3-7(10)11/h3-4H,2,5H2,1H3,(H,13,14). The maximum atomic E-state index is 13.3. The Kier molecular flexibility index (Phi) is 3.91. The first kappa shape index (κ1) is 11.8. The molecule has 0 saturated carbocycles. The van der Waals surface area contributed by atoms with Crippen LogP contribution in [0.5, 0.6) is 5.75 Å². The second kappa shape index (κ2) is 4.98. The van der Waals surface area contributed by atoms with Crippen molar-refractivity contribution in [1.29, 1.82) is 0 Å². The van der Waals surface area contributed by atoms with Crippen LogP contribution in [0.25, 0.3) is 0 Å². The van der Waals surface area contributed by atoms with Gasteiger partial charge in [-0.2, -0.15) is 0 Å². The van der Waals surface area contributed by atoms with E-state index in [1.807, 2.05) is 0 Å². The van der Waals surface area contributed by atoms with Crippen LogP contribution in [0.15, 0.2) is 12.1 Å². The van der Waals surface area contributed by atoms with Crippen LogP contribution in [0.2, 0.25) is 5.02 Å². The second-order valence-electron chi connectivity index (χ2n) is 2.93. The summed E-state index contributed by atoms with van der Waals surface area (Å²) in [4.78, 5) is 10.4. The molecular formula is C10H10ClFO3. The Morgan fingerprint density at radius 1 is 1.60 bits per heavy atom. The van der Waals surface area contributed by atoms with Crippen LogP contribution < -0.4 is 4.74 Å². The molecule has 3 nitrogen and oxygen atoms in total. The van der Waals surface area contributed by atoms with Gasteiger partial charge in [-0.3, -0.25) is 4.79 Å². The van der Waals surface area contributed by atoms with Crippen molar-refractivity contribution in [3.8, 4) is 5.75 Å². The first-order valence-electron chi connectivity index (χ1n) is 4.29. The first-order valence-corrected chi connectivity index (χ1v) is 4.66. The van der Waals surface area contributed by atoms with Crippen molar-refractivity contribution in [3.63, 3.8) is 0 Å². The molecule has 0 heterocycles. The molecule has 0 unspecified atom stereocenters. The van der Waals surface area contributed by atoms with Gasteiger partial charge in [0, 0.05) is 12.0 Å². The number of ether oxygens (including phenoxy) is 1. The maximum Gasteiger partial charge on any atom is 0.303 e. The van der Waals surface area contributed by atoms with E-state index in [2.05, 4.69) is 0 Å². The number of methoxy groups -OCH3 is 1. The van der Waals surface area contributed by atoms with E-state index in [-0.39, 0.29) is 29.2 Å². The molecule has 15 heavy (non-hydrogen) atoms. The number of benzene rings is 1. The van der Waals surface area contributed by atoms with Gasteiger partial charge < -0.3 is 9.84 Å². The van der Waals surface area contributed by atoms with Crippen LogP contribution in [-0.2, 0) is 11.2 Å². The minimum Gasteiger partial charge on any atom is -0.495 e. The molecule has 0 spiro atoms. The molecule has 0 bridgehead atoms. The lowest BCUT2D eigenvalue weighted by Gasteiger charge is -2.10. The third-order valence-corrected chi connectivity index (χ3v) is 2.25. The smallest absolute Gasteiger partial charge is 0.303 e. The Bertz CT molecular complexity index is 379. The summed E-state index contributed by atoms with van der Waals surface area (Å²) in [5.41, 5.74) is 0.201. The summed E-state index contributed by atoms with van der Waals surface area (Å²) in [6.07, 6.45) is -0.0987. The zero-order valence-corrected chi connectivity index (χ0v) is 8.84.